The van der Waals surface area contributed by atoms with E-state index in [9.17, 15) is 4.79 Å². The van der Waals surface area contributed by atoms with Gasteiger partial charge < -0.3 is 14.8 Å². The fourth-order valence-electron chi connectivity index (χ4n) is 2.85. The number of aryl methyl sites for hydroxylation is 1. The number of anilines is 1. The van der Waals surface area contributed by atoms with Crippen molar-refractivity contribution in [3.63, 3.8) is 0 Å². The van der Waals surface area contributed by atoms with E-state index in [0.717, 1.165) is 22.4 Å². The zero-order chi connectivity index (χ0) is 20.2. The van der Waals surface area contributed by atoms with Gasteiger partial charge in [0.05, 0.1) is 12.8 Å². The molecular formula is C23H31NO3. The highest BCUT2D eigenvalue weighted by molar-refractivity contribution is 5.93. The molecule has 2 aromatic carbocycles. The summed E-state index contributed by atoms with van der Waals surface area (Å²) in [5.41, 5.74) is 3.97. The van der Waals surface area contributed by atoms with Gasteiger partial charge in [0.15, 0.2) is 6.61 Å². The van der Waals surface area contributed by atoms with Gasteiger partial charge in [-0.3, -0.25) is 4.79 Å². The Kier molecular flexibility index (Phi) is 6.53. The highest BCUT2D eigenvalue weighted by Crippen LogP contribution is 2.32. The average Bonchev–Trinajstić information content (AvgIpc) is 2.59. The lowest BCUT2D eigenvalue weighted by Gasteiger charge is -2.21. The van der Waals surface area contributed by atoms with Gasteiger partial charge in [0.1, 0.15) is 11.5 Å². The molecule has 0 bridgehead atoms. The van der Waals surface area contributed by atoms with Crippen molar-refractivity contribution in [2.45, 2.75) is 52.9 Å². The van der Waals surface area contributed by atoms with E-state index in [1.807, 2.05) is 31.2 Å². The van der Waals surface area contributed by atoms with Gasteiger partial charge in [-0.05, 0) is 53.1 Å². The first-order valence-electron chi connectivity index (χ1n) is 9.33. The van der Waals surface area contributed by atoms with E-state index in [-0.39, 0.29) is 17.9 Å². The molecule has 0 aliphatic rings. The van der Waals surface area contributed by atoms with Crippen LogP contribution in [0.15, 0.2) is 36.4 Å². The number of carbonyl (C=O) groups excluding carboxylic acids is 1. The Balaban J connectivity index is 2.14. The smallest absolute Gasteiger partial charge is 0.262 e. The predicted molar refractivity (Wildman–Crippen MR) is 111 cm³/mol. The van der Waals surface area contributed by atoms with Gasteiger partial charge in [-0.2, -0.15) is 0 Å². The van der Waals surface area contributed by atoms with Gasteiger partial charge in [0, 0.05) is 0 Å². The molecule has 4 nitrogen and oxygen atoms in total. The summed E-state index contributed by atoms with van der Waals surface area (Å²) in [6.07, 6.45) is 0. The first-order chi connectivity index (χ1) is 12.6. The molecule has 0 radical (unpaired) electrons. The molecule has 1 N–H and O–H groups in total. The zero-order valence-electron chi connectivity index (χ0n) is 17.5. The second kappa shape index (κ2) is 8.47. The highest BCUT2D eigenvalue weighted by Gasteiger charge is 2.17. The number of carbonyl (C=O) groups is 1. The number of benzene rings is 2. The number of ether oxygens (including phenoxy) is 2. The number of rotatable bonds is 6. The summed E-state index contributed by atoms with van der Waals surface area (Å²) in [5.74, 6) is 1.51. The normalized spacial score (nSPS) is 11.4. The number of nitrogens with one attached hydrogen (secondary N) is 1. The van der Waals surface area contributed by atoms with Gasteiger partial charge in [-0.1, -0.05) is 52.8 Å². The molecule has 0 spiro atoms. The molecule has 0 unspecified atom stereocenters. The van der Waals surface area contributed by atoms with Gasteiger partial charge in [-0.25, -0.2) is 0 Å². The number of hydrogen-bond acceptors (Lipinski definition) is 3. The molecule has 0 saturated heterocycles. The molecule has 0 heterocycles. The fraction of sp³-hybridized carbons (Fsp3) is 0.435. The van der Waals surface area contributed by atoms with Crippen molar-refractivity contribution in [1.82, 2.24) is 0 Å². The molecule has 0 fully saturated rings. The van der Waals surface area contributed by atoms with Crippen LogP contribution in [0.4, 0.5) is 5.69 Å². The quantitative estimate of drug-likeness (QED) is 0.737. The number of methoxy groups -OCH3 is 1. The van der Waals surface area contributed by atoms with Crippen LogP contribution in [0.2, 0.25) is 0 Å². The third-order valence-corrected chi connectivity index (χ3v) is 4.49. The van der Waals surface area contributed by atoms with Crippen LogP contribution in [0, 0.1) is 6.92 Å². The van der Waals surface area contributed by atoms with Crippen molar-refractivity contribution >= 4 is 11.6 Å². The molecule has 0 atom stereocenters. The third-order valence-electron chi connectivity index (χ3n) is 4.49. The van der Waals surface area contributed by atoms with E-state index in [1.165, 1.54) is 0 Å². The van der Waals surface area contributed by atoms with E-state index in [2.05, 4.69) is 52.1 Å². The van der Waals surface area contributed by atoms with E-state index in [4.69, 9.17) is 9.47 Å². The summed E-state index contributed by atoms with van der Waals surface area (Å²) in [5, 5.41) is 2.92. The van der Waals surface area contributed by atoms with E-state index in [0.29, 0.717) is 17.4 Å². The minimum Gasteiger partial charge on any atom is -0.495 e. The first kappa shape index (κ1) is 20.8. The van der Waals surface area contributed by atoms with Crippen LogP contribution in [-0.2, 0) is 10.2 Å². The Hall–Kier alpha value is -2.49. The maximum absolute atomic E-state index is 12.5. The molecule has 4 heteroatoms. The minimum atomic E-state index is -0.212. The van der Waals surface area contributed by atoms with Crippen molar-refractivity contribution in [3.05, 3.63) is 53.1 Å². The van der Waals surface area contributed by atoms with Gasteiger partial charge >= 0.3 is 0 Å². The second-order valence-corrected chi connectivity index (χ2v) is 8.20. The summed E-state index contributed by atoms with van der Waals surface area (Å²) in [6, 6.07) is 12.0. The monoisotopic (exact) mass is 369 g/mol. The molecule has 1 amide bonds. The Labute approximate surface area is 162 Å². The largest absolute Gasteiger partial charge is 0.495 e. The fourth-order valence-corrected chi connectivity index (χ4v) is 2.85. The van der Waals surface area contributed by atoms with Crippen molar-refractivity contribution < 1.29 is 14.3 Å². The topological polar surface area (TPSA) is 47.6 Å². The summed E-state index contributed by atoms with van der Waals surface area (Å²) in [6.45, 7) is 12.6. The SMILES string of the molecule is COc1ccc(C(C)(C)C)cc1NC(=O)COc1cc(C)ccc1C(C)C. The molecule has 2 aromatic rings. The second-order valence-electron chi connectivity index (χ2n) is 8.20. The van der Waals surface area contributed by atoms with Crippen molar-refractivity contribution in [2.75, 3.05) is 19.0 Å². The molecule has 27 heavy (non-hydrogen) atoms. The van der Waals surface area contributed by atoms with Crippen LogP contribution >= 0.6 is 0 Å². The number of hydrogen-bond donors (Lipinski definition) is 1. The predicted octanol–water partition coefficient (Wildman–Crippen LogP) is 5.44. The summed E-state index contributed by atoms with van der Waals surface area (Å²) in [7, 11) is 1.60. The molecule has 0 aliphatic heterocycles. The third kappa shape index (κ3) is 5.49. The molecule has 0 aliphatic carbocycles. The molecule has 0 saturated carbocycles. The molecular weight excluding hydrogens is 338 g/mol. The molecule has 2 rings (SSSR count). The van der Waals surface area contributed by atoms with Crippen molar-refractivity contribution in [3.8, 4) is 11.5 Å². The van der Waals surface area contributed by atoms with Gasteiger partial charge in [0.2, 0.25) is 0 Å². The van der Waals surface area contributed by atoms with Crippen LogP contribution in [-0.4, -0.2) is 19.6 Å². The Morgan fingerprint density at radius 3 is 2.37 bits per heavy atom. The van der Waals surface area contributed by atoms with Gasteiger partial charge in [0.25, 0.3) is 5.91 Å². The molecule has 146 valence electrons. The summed E-state index contributed by atoms with van der Waals surface area (Å²) in [4.78, 5) is 12.5. The van der Waals surface area contributed by atoms with E-state index in [1.54, 1.807) is 7.11 Å². The van der Waals surface area contributed by atoms with Crippen LogP contribution in [0.1, 0.15) is 57.2 Å². The van der Waals surface area contributed by atoms with E-state index < -0.39 is 0 Å². The standard InChI is InChI=1S/C23H31NO3/c1-15(2)18-10-8-16(3)12-21(18)27-14-22(25)24-19-13-17(23(4,5)6)9-11-20(19)26-7/h8-13,15H,14H2,1-7H3,(H,24,25). The lowest BCUT2D eigenvalue weighted by molar-refractivity contribution is -0.118. The highest BCUT2D eigenvalue weighted by atomic mass is 16.5. The van der Waals surface area contributed by atoms with Crippen LogP contribution in [0.5, 0.6) is 11.5 Å². The maximum atomic E-state index is 12.5. The first-order valence-corrected chi connectivity index (χ1v) is 9.33. The van der Waals surface area contributed by atoms with Crippen LogP contribution < -0.4 is 14.8 Å². The van der Waals surface area contributed by atoms with Crippen LogP contribution in [0.25, 0.3) is 0 Å². The van der Waals surface area contributed by atoms with Gasteiger partial charge in [-0.15, -0.1) is 0 Å². The molecule has 0 aromatic heterocycles. The minimum absolute atomic E-state index is 0.0179. The summed E-state index contributed by atoms with van der Waals surface area (Å²) < 4.78 is 11.2. The summed E-state index contributed by atoms with van der Waals surface area (Å²) >= 11 is 0. The lowest BCUT2D eigenvalue weighted by Crippen LogP contribution is -2.21. The zero-order valence-corrected chi connectivity index (χ0v) is 17.5. The van der Waals surface area contributed by atoms with E-state index >= 15 is 0 Å². The Morgan fingerprint density at radius 1 is 1.07 bits per heavy atom. The Morgan fingerprint density at radius 2 is 1.78 bits per heavy atom. The van der Waals surface area contributed by atoms with Crippen molar-refractivity contribution in [2.24, 2.45) is 0 Å². The lowest BCUT2D eigenvalue weighted by atomic mass is 9.87. The van der Waals surface area contributed by atoms with Crippen molar-refractivity contribution in [1.29, 1.82) is 0 Å². The number of amides is 1. The average molecular weight is 370 g/mol. The maximum Gasteiger partial charge on any atom is 0.262 e. The Bertz CT molecular complexity index is 804. The van der Waals surface area contributed by atoms with Crippen LogP contribution in [0.3, 0.4) is 0 Å².